The summed E-state index contributed by atoms with van der Waals surface area (Å²) in [6, 6.07) is 0. The van der Waals surface area contributed by atoms with Gasteiger partial charge in [-0.25, -0.2) is 4.79 Å². The van der Waals surface area contributed by atoms with E-state index in [1.54, 1.807) is 25.2 Å². The van der Waals surface area contributed by atoms with E-state index < -0.39 is 0 Å². The van der Waals surface area contributed by atoms with Crippen LogP contribution in [0.4, 0.5) is 0 Å². The lowest BCUT2D eigenvalue weighted by Crippen LogP contribution is -2.34. The van der Waals surface area contributed by atoms with Gasteiger partial charge in [-0.3, -0.25) is 4.79 Å². The van der Waals surface area contributed by atoms with Crippen molar-refractivity contribution in [2.45, 2.75) is 33.1 Å². The molecule has 0 atom stereocenters. The van der Waals surface area contributed by atoms with Crippen LogP contribution < -0.4 is 0 Å². The standard InChI is InChI=1S/C9H15NO.C5H8O2/c1-2-6-9(11)10-7-4-3-5-8-10;1-3-4-5(6)7-2/h2,6H,3-5,7-8H2,1H3;3-4H,1-2H3/b6-2+;4-3+. The monoisotopic (exact) mass is 253 g/mol. The first-order valence-corrected chi connectivity index (χ1v) is 6.28. The lowest BCUT2D eigenvalue weighted by Gasteiger charge is -2.25. The van der Waals surface area contributed by atoms with E-state index in [4.69, 9.17) is 0 Å². The normalized spacial score (nSPS) is 15.4. The summed E-state index contributed by atoms with van der Waals surface area (Å²) in [7, 11) is 1.35. The average molecular weight is 253 g/mol. The molecule has 0 bridgehead atoms. The van der Waals surface area contributed by atoms with Crippen molar-refractivity contribution in [3.05, 3.63) is 24.3 Å². The van der Waals surface area contributed by atoms with E-state index in [-0.39, 0.29) is 11.9 Å². The summed E-state index contributed by atoms with van der Waals surface area (Å²) in [4.78, 5) is 23.3. The molecule has 18 heavy (non-hydrogen) atoms. The van der Waals surface area contributed by atoms with Crippen LogP contribution in [0.25, 0.3) is 0 Å². The Balaban J connectivity index is 0.000000360. The van der Waals surface area contributed by atoms with E-state index in [9.17, 15) is 9.59 Å². The van der Waals surface area contributed by atoms with Gasteiger partial charge in [-0.05, 0) is 39.2 Å². The van der Waals surface area contributed by atoms with Crippen molar-refractivity contribution < 1.29 is 14.3 Å². The highest BCUT2D eigenvalue weighted by molar-refractivity contribution is 5.87. The van der Waals surface area contributed by atoms with Gasteiger partial charge in [0.05, 0.1) is 7.11 Å². The number of carbonyl (C=O) groups is 2. The van der Waals surface area contributed by atoms with Gasteiger partial charge in [0.25, 0.3) is 0 Å². The number of amides is 1. The zero-order valence-corrected chi connectivity index (χ0v) is 11.5. The summed E-state index contributed by atoms with van der Waals surface area (Å²) in [6.07, 6.45) is 10.1. The Morgan fingerprint density at radius 2 is 1.56 bits per heavy atom. The molecule has 1 saturated heterocycles. The van der Waals surface area contributed by atoms with Gasteiger partial charge in [-0.1, -0.05) is 12.2 Å². The highest BCUT2D eigenvalue weighted by atomic mass is 16.5. The van der Waals surface area contributed by atoms with Crippen LogP contribution in [-0.4, -0.2) is 37.0 Å². The van der Waals surface area contributed by atoms with E-state index in [0.29, 0.717) is 0 Å². The van der Waals surface area contributed by atoms with Crippen LogP contribution in [0, 0.1) is 0 Å². The fourth-order valence-corrected chi connectivity index (χ4v) is 1.57. The third-order valence-corrected chi connectivity index (χ3v) is 2.48. The molecule has 0 saturated carbocycles. The van der Waals surface area contributed by atoms with Crippen molar-refractivity contribution in [2.24, 2.45) is 0 Å². The maximum absolute atomic E-state index is 11.2. The van der Waals surface area contributed by atoms with Crippen LogP contribution in [0.5, 0.6) is 0 Å². The third kappa shape index (κ3) is 7.65. The second-order valence-corrected chi connectivity index (χ2v) is 3.91. The number of ether oxygens (including phenoxy) is 1. The zero-order valence-electron chi connectivity index (χ0n) is 11.5. The molecule has 1 aliphatic rings. The van der Waals surface area contributed by atoms with E-state index in [2.05, 4.69) is 4.74 Å². The molecule has 0 aromatic heterocycles. The first-order valence-electron chi connectivity index (χ1n) is 6.28. The number of methoxy groups -OCH3 is 1. The second-order valence-electron chi connectivity index (χ2n) is 3.91. The SMILES string of the molecule is C/C=C/C(=O)N1CCCCC1.C/C=C/C(=O)OC. The van der Waals surface area contributed by atoms with E-state index in [1.807, 2.05) is 11.8 Å². The largest absolute Gasteiger partial charge is 0.466 e. The van der Waals surface area contributed by atoms with Crippen LogP contribution in [0.15, 0.2) is 24.3 Å². The predicted molar refractivity (Wildman–Crippen MR) is 72.1 cm³/mol. The first-order chi connectivity index (χ1) is 8.65. The first kappa shape index (κ1) is 16.4. The van der Waals surface area contributed by atoms with E-state index in [1.165, 1.54) is 32.4 Å². The Bertz CT molecular complexity index is 302. The van der Waals surface area contributed by atoms with Crippen LogP contribution in [0.3, 0.4) is 0 Å². The molecule has 0 N–H and O–H groups in total. The Morgan fingerprint density at radius 3 is 1.94 bits per heavy atom. The average Bonchev–Trinajstić information content (AvgIpc) is 2.41. The fourth-order valence-electron chi connectivity index (χ4n) is 1.57. The molecule has 1 aliphatic heterocycles. The number of allylic oxidation sites excluding steroid dienone is 2. The van der Waals surface area contributed by atoms with Gasteiger partial charge in [0.1, 0.15) is 0 Å². The molecule has 102 valence electrons. The Labute approximate surface area is 109 Å². The van der Waals surface area contributed by atoms with Gasteiger partial charge in [0, 0.05) is 19.2 Å². The van der Waals surface area contributed by atoms with Crippen LogP contribution in [0.1, 0.15) is 33.1 Å². The quantitative estimate of drug-likeness (QED) is 0.560. The summed E-state index contributed by atoms with van der Waals surface area (Å²) >= 11 is 0. The van der Waals surface area contributed by atoms with Crippen molar-refractivity contribution in [1.29, 1.82) is 0 Å². The lowest BCUT2D eigenvalue weighted by atomic mass is 10.1. The third-order valence-electron chi connectivity index (χ3n) is 2.48. The number of likely N-dealkylation sites (tertiary alicyclic amines) is 1. The molecule has 4 nitrogen and oxygen atoms in total. The smallest absolute Gasteiger partial charge is 0.330 e. The molecule has 1 rings (SSSR count). The molecule has 0 aliphatic carbocycles. The molecule has 1 heterocycles. The van der Waals surface area contributed by atoms with Crippen molar-refractivity contribution in [3.63, 3.8) is 0 Å². The summed E-state index contributed by atoms with van der Waals surface area (Å²) in [5, 5.41) is 0. The van der Waals surface area contributed by atoms with Gasteiger partial charge in [0.15, 0.2) is 0 Å². The summed E-state index contributed by atoms with van der Waals surface area (Å²) < 4.78 is 4.26. The molecule has 0 aromatic carbocycles. The van der Waals surface area contributed by atoms with Crippen LogP contribution in [-0.2, 0) is 14.3 Å². The minimum atomic E-state index is -0.303. The number of rotatable bonds is 2. The van der Waals surface area contributed by atoms with Gasteiger partial charge in [-0.2, -0.15) is 0 Å². The predicted octanol–water partition coefficient (Wildman–Crippen LogP) is 2.31. The van der Waals surface area contributed by atoms with Gasteiger partial charge >= 0.3 is 5.97 Å². The maximum Gasteiger partial charge on any atom is 0.330 e. The summed E-state index contributed by atoms with van der Waals surface area (Å²) in [5.74, 6) is -0.130. The van der Waals surface area contributed by atoms with Gasteiger partial charge in [0.2, 0.25) is 5.91 Å². The highest BCUT2D eigenvalue weighted by Gasteiger charge is 2.12. The topological polar surface area (TPSA) is 46.6 Å². The molecule has 0 spiro atoms. The summed E-state index contributed by atoms with van der Waals surface area (Å²) in [5.41, 5.74) is 0. The molecule has 0 aromatic rings. The second kappa shape index (κ2) is 10.6. The number of hydrogen-bond donors (Lipinski definition) is 0. The number of carbonyl (C=O) groups excluding carboxylic acids is 2. The molecule has 1 amide bonds. The molecule has 4 heteroatoms. The number of esters is 1. The Morgan fingerprint density at radius 1 is 1.00 bits per heavy atom. The number of piperidine rings is 1. The maximum atomic E-state index is 11.2. The lowest BCUT2D eigenvalue weighted by molar-refractivity contribution is -0.134. The highest BCUT2D eigenvalue weighted by Crippen LogP contribution is 2.08. The van der Waals surface area contributed by atoms with Crippen molar-refractivity contribution in [3.8, 4) is 0 Å². The minimum absolute atomic E-state index is 0.173. The van der Waals surface area contributed by atoms with Gasteiger partial charge in [-0.15, -0.1) is 0 Å². The van der Waals surface area contributed by atoms with Crippen molar-refractivity contribution in [1.82, 2.24) is 4.90 Å². The van der Waals surface area contributed by atoms with E-state index >= 15 is 0 Å². The van der Waals surface area contributed by atoms with Crippen LogP contribution in [0.2, 0.25) is 0 Å². The van der Waals surface area contributed by atoms with Crippen molar-refractivity contribution in [2.75, 3.05) is 20.2 Å². The summed E-state index contributed by atoms with van der Waals surface area (Å²) in [6.45, 7) is 5.53. The molecule has 1 fully saturated rings. The number of nitrogens with zero attached hydrogens (tertiary/aromatic N) is 1. The Hall–Kier alpha value is -1.58. The fraction of sp³-hybridized carbons (Fsp3) is 0.571. The molecular weight excluding hydrogens is 230 g/mol. The zero-order chi connectivity index (χ0) is 13.8. The molecule has 0 unspecified atom stereocenters. The van der Waals surface area contributed by atoms with Crippen LogP contribution >= 0.6 is 0 Å². The van der Waals surface area contributed by atoms with Crippen molar-refractivity contribution >= 4 is 11.9 Å². The molecule has 0 radical (unpaired) electrons. The Kier molecular flexibility index (Phi) is 9.64. The van der Waals surface area contributed by atoms with E-state index in [0.717, 1.165) is 13.1 Å². The number of hydrogen-bond acceptors (Lipinski definition) is 3. The molecular formula is C14H23NO3. The van der Waals surface area contributed by atoms with Gasteiger partial charge < -0.3 is 9.64 Å². The minimum Gasteiger partial charge on any atom is -0.466 e.